The van der Waals surface area contributed by atoms with Crippen LogP contribution in [0.2, 0.25) is 5.02 Å². The van der Waals surface area contributed by atoms with E-state index >= 15 is 0 Å². The van der Waals surface area contributed by atoms with Gasteiger partial charge in [-0.05, 0) is 24.3 Å². The first kappa shape index (κ1) is 13.5. The first-order valence-electron chi connectivity index (χ1n) is 5.72. The van der Waals surface area contributed by atoms with Crippen molar-refractivity contribution < 1.29 is 13.9 Å². The number of nitrogens with two attached hydrogens (primary N) is 1. The molecule has 0 spiro atoms. The van der Waals surface area contributed by atoms with Crippen molar-refractivity contribution in [3.05, 3.63) is 53.3 Å². The number of hydrogen-bond donors (Lipinski definition) is 1. The van der Waals surface area contributed by atoms with Crippen LogP contribution in [0.15, 0.2) is 42.5 Å². The summed E-state index contributed by atoms with van der Waals surface area (Å²) in [5.74, 6) is 0.201. The van der Waals surface area contributed by atoms with Gasteiger partial charge in [-0.1, -0.05) is 23.7 Å². The molecule has 100 valence electrons. The molecule has 0 saturated carbocycles. The Labute approximate surface area is 115 Å². The summed E-state index contributed by atoms with van der Waals surface area (Å²) in [6, 6.07) is 11.7. The van der Waals surface area contributed by atoms with Gasteiger partial charge in [0.1, 0.15) is 19.0 Å². The highest BCUT2D eigenvalue weighted by Gasteiger charge is 2.06. The van der Waals surface area contributed by atoms with E-state index in [9.17, 15) is 4.39 Å². The number of hydrogen-bond acceptors (Lipinski definition) is 3. The topological polar surface area (TPSA) is 44.5 Å². The summed E-state index contributed by atoms with van der Waals surface area (Å²) in [5.41, 5.74) is 6.24. The minimum Gasteiger partial charge on any atom is -0.490 e. The van der Waals surface area contributed by atoms with Crippen LogP contribution in [0.25, 0.3) is 0 Å². The van der Waals surface area contributed by atoms with Gasteiger partial charge in [-0.15, -0.1) is 0 Å². The lowest BCUT2D eigenvalue weighted by atomic mass is 10.3. The molecule has 0 aliphatic heterocycles. The van der Waals surface area contributed by atoms with Crippen molar-refractivity contribution in [2.75, 3.05) is 18.9 Å². The van der Waals surface area contributed by atoms with Crippen LogP contribution in [-0.2, 0) is 0 Å². The highest BCUT2D eigenvalue weighted by atomic mass is 35.5. The molecule has 0 bridgehead atoms. The minimum atomic E-state index is -0.562. The molecule has 2 aromatic rings. The summed E-state index contributed by atoms with van der Waals surface area (Å²) in [6.07, 6.45) is 0. The Hall–Kier alpha value is -1.94. The van der Waals surface area contributed by atoms with E-state index in [2.05, 4.69) is 0 Å². The van der Waals surface area contributed by atoms with Crippen LogP contribution < -0.4 is 15.2 Å². The predicted octanol–water partition coefficient (Wildman–Crippen LogP) is 3.52. The Balaban J connectivity index is 1.82. The van der Waals surface area contributed by atoms with Gasteiger partial charge in [0.15, 0.2) is 11.6 Å². The quantitative estimate of drug-likeness (QED) is 0.674. The molecule has 2 rings (SSSR count). The zero-order valence-corrected chi connectivity index (χ0v) is 10.9. The third-order valence-corrected chi connectivity index (χ3v) is 2.68. The SMILES string of the molecule is Nc1cccc(OCCOc2cccc(Cl)c2F)c1. The third-order valence-electron chi connectivity index (χ3n) is 2.38. The Morgan fingerprint density at radius 3 is 2.58 bits per heavy atom. The van der Waals surface area contributed by atoms with Gasteiger partial charge in [0.2, 0.25) is 0 Å². The lowest BCUT2D eigenvalue weighted by Crippen LogP contribution is -2.09. The highest BCUT2D eigenvalue weighted by Crippen LogP contribution is 2.24. The van der Waals surface area contributed by atoms with Crippen molar-refractivity contribution in [3.63, 3.8) is 0 Å². The van der Waals surface area contributed by atoms with Crippen molar-refractivity contribution in [2.24, 2.45) is 0 Å². The number of ether oxygens (including phenoxy) is 2. The van der Waals surface area contributed by atoms with E-state index in [4.69, 9.17) is 26.8 Å². The zero-order chi connectivity index (χ0) is 13.7. The van der Waals surface area contributed by atoms with Crippen LogP contribution >= 0.6 is 11.6 Å². The molecule has 0 amide bonds. The van der Waals surface area contributed by atoms with Gasteiger partial charge in [-0.25, -0.2) is 4.39 Å². The molecule has 0 aliphatic rings. The Morgan fingerprint density at radius 2 is 1.79 bits per heavy atom. The van der Waals surface area contributed by atoms with E-state index in [1.807, 2.05) is 0 Å². The van der Waals surface area contributed by atoms with Gasteiger partial charge < -0.3 is 15.2 Å². The molecule has 2 N–H and O–H groups in total. The molecule has 0 saturated heterocycles. The van der Waals surface area contributed by atoms with E-state index in [0.717, 1.165) is 0 Å². The molecule has 0 aromatic heterocycles. The zero-order valence-electron chi connectivity index (χ0n) is 10.1. The fourth-order valence-electron chi connectivity index (χ4n) is 1.51. The average Bonchev–Trinajstić information content (AvgIpc) is 2.39. The second-order valence-electron chi connectivity index (χ2n) is 3.82. The van der Waals surface area contributed by atoms with Crippen LogP contribution in [0, 0.1) is 5.82 Å². The fourth-order valence-corrected chi connectivity index (χ4v) is 1.68. The summed E-state index contributed by atoms with van der Waals surface area (Å²) >= 11 is 5.64. The molecular weight excluding hydrogens is 269 g/mol. The number of nitrogen functional groups attached to an aromatic ring is 1. The lowest BCUT2D eigenvalue weighted by Gasteiger charge is -2.09. The maximum atomic E-state index is 13.5. The second kappa shape index (κ2) is 6.29. The standard InChI is InChI=1S/C14H13ClFNO2/c15-12-5-2-6-13(14(12)16)19-8-7-18-11-4-1-3-10(17)9-11/h1-6,9H,7-8,17H2. The Kier molecular flexibility index (Phi) is 4.47. The van der Waals surface area contributed by atoms with Crippen LogP contribution in [0.4, 0.5) is 10.1 Å². The number of rotatable bonds is 5. The summed E-state index contributed by atoms with van der Waals surface area (Å²) < 4.78 is 24.2. The van der Waals surface area contributed by atoms with Gasteiger partial charge in [-0.2, -0.15) is 0 Å². The lowest BCUT2D eigenvalue weighted by molar-refractivity contribution is 0.211. The van der Waals surface area contributed by atoms with Crippen molar-refractivity contribution >= 4 is 17.3 Å². The van der Waals surface area contributed by atoms with Crippen LogP contribution in [0.3, 0.4) is 0 Å². The second-order valence-corrected chi connectivity index (χ2v) is 4.23. The van der Waals surface area contributed by atoms with E-state index in [1.54, 1.807) is 30.3 Å². The number of anilines is 1. The maximum absolute atomic E-state index is 13.5. The molecule has 5 heteroatoms. The normalized spacial score (nSPS) is 10.2. The third kappa shape index (κ3) is 3.76. The first-order valence-corrected chi connectivity index (χ1v) is 6.10. The van der Waals surface area contributed by atoms with Crippen LogP contribution in [-0.4, -0.2) is 13.2 Å². The van der Waals surface area contributed by atoms with Crippen LogP contribution in [0.1, 0.15) is 0 Å². The molecule has 19 heavy (non-hydrogen) atoms. The summed E-state index contributed by atoms with van der Waals surface area (Å²) in [6.45, 7) is 0.501. The van der Waals surface area contributed by atoms with Gasteiger partial charge in [0.25, 0.3) is 0 Å². The van der Waals surface area contributed by atoms with E-state index in [1.165, 1.54) is 12.1 Å². The number of halogens is 2. The smallest absolute Gasteiger partial charge is 0.183 e. The van der Waals surface area contributed by atoms with Gasteiger partial charge >= 0.3 is 0 Å². The fraction of sp³-hybridized carbons (Fsp3) is 0.143. The first-order chi connectivity index (χ1) is 9.16. The van der Waals surface area contributed by atoms with Crippen molar-refractivity contribution in [1.82, 2.24) is 0 Å². The van der Waals surface area contributed by atoms with Gasteiger partial charge in [0, 0.05) is 11.8 Å². The molecule has 0 unspecified atom stereocenters. The molecule has 0 atom stereocenters. The predicted molar refractivity (Wildman–Crippen MR) is 73.3 cm³/mol. The molecule has 0 aliphatic carbocycles. The van der Waals surface area contributed by atoms with E-state index < -0.39 is 5.82 Å². The van der Waals surface area contributed by atoms with E-state index in [-0.39, 0.29) is 24.0 Å². The van der Waals surface area contributed by atoms with E-state index in [0.29, 0.717) is 11.4 Å². The molecular formula is C14H13ClFNO2. The van der Waals surface area contributed by atoms with Crippen molar-refractivity contribution in [3.8, 4) is 11.5 Å². The molecule has 0 fully saturated rings. The van der Waals surface area contributed by atoms with Gasteiger partial charge in [-0.3, -0.25) is 0 Å². The average molecular weight is 282 g/mol. The van der Waals surface area contributed by atoms with Crippen molar-refractivity contribution in [1.29, 1.82) is 0 Å². The monoisotopic (exact) mass is 281 g/mol. The van der Waals surface area contributed by atoms with Crippen LogP contribution in [0.5, 0.6) is 11.5 Å². The molecule has 0 radical (unpaired) electrons. The molecule has 2 aromatic carbocycles. The Morgan fingerprint density at radius 1 is 1.05 bits per heavy atom. The van der Waals surface area contributed by atoms with Gasteiger partial charge in [0.05, 0.1) is 5.02 Å². The summed E-state index contributed by atoms with van der Waals surface area (Å²) in [4.78, 5) is 0. The van der Waals surface area contributed by atoms with Crippen molar-refractivity contribution in [2.45, 2.75) is 0 Å². The highest BCUT2D eigenvalue weighted by molar-refractivity contribution is 6.30. The molecule has 3 nitrogen and oxygen atoms in total. The maximum Gasteiger partial charge on any atom is 0.183 e. The summed E-state index contributed by atoms with van der Waals surface area (Å²) in [7, 11) is 0. The largest absolute Gasteiger partial charge is 0.490 e. The molecule has 0 heterocycles. The minimum absolute atomic E-state index is 0.0363. The number of benzene rings is 2. The Bertz CT molecular complexity index is 563. The summed E-state index contributed by atoms with van der Waals surface area (Å²) in [5, 5.41) is 0.0363.